The largest absolute Gasteiger partial charge is 0.494 e. The van der Waals surface area contributed by atoms with Gasteiger partial charge in [-0.25, -0.2) is 0 Å². The van der Waals surface area contributed by atoms with Crippen molar-refractivity contribution in [3.05, 3.63) is 54.1 Å². The minimum atomic E-state index is -0.484. The first-order chi connectivity index (χ1) is 12.1. The van der Waals surface area contributed by atoms with E-state index in [1.54, 1.807) is 17.0 Å². The lowest BCUT2D eigenvalue weighted by molar-refractivity contribution is -0.120. The van der Waals surface area contributed by atoms with E-state index >= 15 is 0 Å². The molecule has 2 aromatic rings. The summed E-state index contributed by atoms with van der Waals surface area (Å²) in [5.74, 6) is 0.573. The van der Waals surface area contributed by atoms with Crippen molar-refractivity contribution in [1.29, 1.82) is 0 Å². The lowest BCUT2D eigenvalue weighted by Gasteiger charge is -2.24. The Bertz CT molecular complexity index is 754. The van der Waals surface area contributed by atoms with E-state index < -0.39 is 6.04 Å². The van der Waals surface area contributed by atoms with Crippen LogP contribution in [0.4, 0.5) is 11.4 Å². The third-order valence-electron chi connectivity index (χ3n) is 4.26. The molecule has 1 aliphatic rings. The van der Waals surface area contributed by atoms with E-state index in [-0.39, 0.29) is 11.8 Å². The maximum Gasteiger partial charge on any atom is 0.247 e. The molecule has 2 aromatic carbocycles. The zero-order valence-corrected chi connectivity index (χ0v) is 14.5. The molecular formula is C20H22N2O3. The van der Waals surface area contributed by atoms with Gasteiger partial charge in [0.2, 0.25) is 11.8 Å². The summed E-state index contributed by atoms with van der Waals surface area (Å²) in [6, 6.07) is 14.4. The molecule has 0 radical (unpaired) electrons. The average Bonchev–Trinajstić information content (AvgIpc) is 2.99. The maximum absolute atomic E-state index is 12.7. The number of amides is 2. The van der Waals surface area contributed by atoms with Crippen LogP contribution in [-0.4, -0.2) is 24.5 Å². The first kappa shape index (κ1) is 17.0. The van der Waals surface area contributed by atoms with Crippen LogP contribution in [0.15, 0.2) is 48.5 Å². The molecule has 0 aliphatic carbocycles. The summed E-state index contributed by atoms with van der Waals surface area (Å²) in [4.78, 5) is 26.6. The smallest absolute Gasteiger partial charge is 0.247 e. The summed E-state index contributed by atoms with van der Waals surface area (Å²) in [6.45, 7) is 4.51. The lowest BCUT2D eigenvalue weighted by atomic mass is 10.1. The first-order valence-electron chi connectivity index (χ1n) is 8.51. The second-order valence-corrected chi connectivity index (χ2v) is 6.10. The molecule has 0 saturated carbocycles. The number of rotatable bonds is 5. The summed E-state index contributed by atoms with van der Waals surface area (Å²) < 4.78 is 5.40. The van der Waals surface area contributed by atoms with E-state index in [0.717, 1.165) is 17.0 Å². The number of hydrogen-bond donors (Lipinski definition) is 1. The molecular weight excluding hydrogens is 316 g/mol. The van der Waals surface area contributed by atoms with Crippen LogP contribution in [0.5, 0.6) is 5.75 Å². The summed E-state index contributed by atoms with van der Waals surface area (Å²) in [5, 5.41) is 2.90. The van der Waals surface area contributed by atoms with Crippen molar-refractivity contribution in [3.8, 4) is 5.75 Å². The van der Waals surface area contributed by atoms with Crippen LogP contribution in [0.1, 0.15) is 25.3 Å². The Morgan fingerprint density at radius 1 is 1.16 bits per heavy atom. The fourth-order valence-electron chi connectivity index (χ4n) is 2.99. The van der Waals surface area contributed by atoms with E-state index in [1.165, 1.54) is 0 Å². The van der Waals surface area contributed by atoms with Gasteiger partial charge < -0.3 is 10.1 Å². The van der Waals surface area contributed by atoms with E-state index in [1.807, 2.05) is 50.2 Å². The standard InChI is InChI=1S/C20H22N2O3/c1-3-25-17-10-6-15(7-11-17)21-20(24)18-12-13-19(23)22(18)16-8-4-14(2)5-9-16/h4-11,18H,3,12-13H2,1-2H3,(H,21,24). The predicted octanol–water partition coefficient (Wildman–Crippen LogP) is 3.53. The fraction of sp³-hybridized carbons (Fsp3) is 0.300. The fourth-order valence-corrected chi connectivity index (χ4v) is 2.99. The molecule has 2 amide bonds. The Morgan fingerprint density at radius 3 is 2.48 bits per heavy atom. The first-order valence-corrected chi connectivity index (χ1v) is 8.51. The molecule has 1 fully saturated rings. The van der Waals surface area contributed by atoms with Gasteiger partial charge in [-0.1, -0.05) is 17.7 Å². The molecule has 1 aliphatic heterocycles. The molecule has 0 bridgehead atoms. The van der Waals surface area contributed by atoms with Crippen molar-refractivity contribution in [2.24, 2.45) is 0 Å². The van der Waals surface area contributed by atoms with Gasteiger partial charge in [0.25, 0.3) is 0 Å². The molecule has 130 valence electrons. The number of hydrogen-bond acceptors (Lipinski definition) is 3. The summed E-state index contributed by atoms with van der Waals surface area (Å²) in [7, 11) is 0. The average molecular weight is 338 g/mol. The van der Waals surface area contributed by atoms with Crippen LogP contribution in [0.2, 0.25) is 0 Å². The number of benzene rings is 2. The molecule has 5 nitrogen and oxygen atoms in total. The predicted molar refractivity (Wildman–Crippen MR) is 97.9 cm³/mol. The Hall–Kier alpha value is -2.82. The van der Waals surface area contributed by atoms with Crippen LogP contribution >= 0.6 is 0 Å². The van der Waals surface area contributed by atoms with E-state index in [4.69, 9.17) is 4.74 Å². The number of carbonyl (C=O) groups is 2. The Balaban J connectivity index is 1.73. The molecule has 0 aromatic heterocycles. The summed E-state index contributed by atoms with van der Waals surface area (Å²) in [6.07, 6.45) is 0.908. The minimum absolute atomic E-state index is 0.0179. The van der Waals surface area contributed by atoms with E-state index in [0.29, 0.717) is 25.1 Å². The number of ether oxygens (including phenoxy) is 1. The van der Waals surface area contributed by atoms with Crippen molar-refractivity contribution in [1.82, 2.24) is 0 Å². The maximum atomic E-state index is 12.7. The monoisotopic (exact) mass is 338 g/mol. The number of anilines is 2. The normalized spacial score (nSPS) is 16.8. The third kappa shape index (κ3) is 3.82. The van der Waals surface area contributed by atoms with Gasteiger partial charge in [0, 0.05) is 17.8 Å². The molecule has 3 rings (SSSR count). The van der Waals surface area contributed by atoms with E-state index in [2.05, 4.69) is 5.32 Å². The Labute approximate surface area is 147 Å². The molecule has 1 N–H and O–H groups in total. The van der Waals surface area contributed by atoms with Gasteiger partial charge in [0.05, 0.1) is 6.61 Å². The highest BCUT2D eigenvalue weighted by Crippen LogP contribution is 2.28. The molecule has 1 atom stereocenters. The van der Waals surface area contributed by atoms with Crippen molar-refractivity contribution in [3.63, 3.8) is 0 Å². The second-order valence-electron chi connectivity index (χ2n) is 6.10. The third-order valence-corrected chi connectivity index (χ3v) is 4.26. The summed E-state index contributed by atoms with van der Waals surface area (Å²) in [5.41, 5.74) is 2.57. The summed E-state index contributed by atoms with van der Waals surface area (Å²) >= 11 is 0. The van der Waals surface area contributed by atoms with Gasteiger partial charge in [0.1, 0.15) is 11.8 Å². The highest BCUT2D eigenvalue weighted by atomic mass is 16.5. The highest BCUT2D eigenvalue weighted by Gasteiger charge is 2.37. The van der Waals surface area contributed by atoms with Crippen LogP contribution in [0, 0.1) is 6.92 Å². The zero-order chi connectivity index (χ0) is 17.8. The molecule has 1 unspecified atom stereocenters. The lowest BCUT2D eigenvalue weighted by Crippen LogP contribution is -2.41. The Kier molecular flexibility index (Phi) is 5.03. The topological polar surface area (TPSA) is 58.6 Å². The van der Waals surface area contributed by atoms with Crippen LogP contribution in [-0.2, 0) is 9.59 Å². The van der Waals surface area contributed by atoms with Crippen molar-refractivity contribution < 1.29 is 14.3 Å². The number of nitrogens with one attached hydrogen (secondary N) is 1. The minimum Gasteiger partial charge on any atom is -0.494 e. The number of nitrogens with zero attached hydrogens (tertiary/aromatic N) is 1. The van der Waals surface area contributed by atoms with Gasteiger partial charge in [-0.15, -0.1) is 0 Å². The van der Waals surface area contributed by atoms with Crippen LogP contribution in [0.3, 0.4) is 0 Å². The van der Waals surface area contributed by atoms with Crippen molar-refractivity contribution in [2.45, 2.75) is 32.7 Å². The second kappa shape index (κ2) is 7.38. The quantitative estimate of drug-likeness (QED) is 0.907. The van der Waals surface area contributed by atoms with Gasteiger partial charge in [-0.05, 0) is 56.7 Å². The van der Waals surface area contributed by atoms with Crippen LogP contribution in [0.25, 0.3) is 0 Å². The zero-order valence-electron chi connectivity index (χ0n) is 14.5. The molecule has 0 spiro atoms. The van der Waals surface area contributed by atoms with Gasteiger partial charge >= 0.3 is 0 Å². The molecule has 1 heterocycles. The highest BCUT2D eigenvalue weighted by molar-refractivity contribution is 6.07. The molecule has 1 saturated heterocycles. The van der Waals surface area contributed by atoms with Gasteiger partial charge in [-0.2, -0.15) is 0 Å². The van der Waals surface area contributed by atoms with Gasteiger partial charge in [0.15, 0.2) is 0 Å². The Morgan fingerprint density at radius 2 is 1.84 bits per heavy atom. The van der Waals surface area contributed by atoms with Crippen molar-refractivity contribution >= 4 is 23.2 Å². The molecule has 25 heavy (non-hydrogen) atoms. The van der Waals surface area contributed by atoms with Gasteiger partial charge in [-0.3, -0.25) is 14.5 Å². The number of aryl methyl sites for hydroxylation is 1. The van der Waals surface area contributed by atoms with Crippen molar-refractivity contribution in [2.75, 3.05) is 16.8 Å². The number of carbonyl (C=O) groups excluding carboxylic acids is 2. The SMILES string of the molecule is CCOc1ccc(NC(=O)C2CCC(=O)N2c2ccc(C)cc2)cc1. The van der Waals surface area contributed by atoms with E-state index in [9.17, 15) is 9.59 Å². The molecule has 5 heteroatoms. The van der Waals surface area contributed by atoms with Crippen LogP contribution < -0.4 is 15.0 Å².